The molecule has 2 N–H and O–H groups in total. The summed E-state index contributed by atoms with van der Waals surface area (Å²) < 4.78 is 5.43. The highest BCUT2D eigenvalue weighted by Gasteiger charge is 2.13. The molecule has 0 bridgehead atoms. The van der Waals surface area contributed by atoms with Gasteiger partial charge in [-0.1, -0.05) is 12.1 Å². The van der Waals surface area contributed by atoms with Crippen LogP contribution < -0.4 is 10.5 Å². The fourth-order valence-corrected chi connectivity index (χ4v) is 2.47. The maximum atomic E-state index is 6.23. The summed E-state index contributed by atoms with van der Waals surface area (Å²) in [4.78, 5) is 2.51. The van der Waals surface area contributed by atoms with E-state index in [1.807, 2.05) is 19.1 Å². The molecule has 3 heteroatoms. The number of hydrogen-bond acceptors (Lipinski definition) is 3. The van der Waals surface area contributed by atoms with Crippen molar-refractivity contribution in [3.8, 4) is 5.75 Å². The van der Waals surface area contributed by atoms with E-state index in [-0.39, 0.29) is 6.04 Å². The van der Waals surface area contributed by atoms with Crippen molar-refractivity contribution in [2.45, 2.75) is 32.2 Å². The predicted octanol–water partition coefficient (Wildman–Crippen LogP) is 2.57. The first-order chi connectivity index (χ1) is 8.79. The van der Waals surface area contributed by atoms with Gasteiger partial charge in [-0.25, -0.2) is 0 Å². The number of ether oxygens (including phenoxy) is 1. The van der Waals surface area contributed by atoms with Crippen LogP contribution in [0.5, 0.6) is 5.75 Å². The zero-order valence-corrected chi connectivity index (χ0v) is 11.3. The van der Waals surface area contributed by atoms with Gasteiger partial charge in [-0.2, -0.15) is 0 Å². The van der Waals surface area contributed by atoms with Crippen molar-refractivity contribution in [1.29, 1.82) is 0 Å². The molecular formula is C15H24N2O. The lowest BCUT2D eigenvalue weighted by Crippen LogP contribution is -2.24. The van der Waals surface area contributed by atoms with Crippen molar-refractivity contribution in [2.24, 2.45) is 5.73 Å². The van der Waals surface area contributed by atoms with E-state index in [9.17, 15) is 0 Å². The summed E-state index contributed by atoms with van der Waals surface area (Å²) in [7, 11) is 0. The van der Waals surface area contributed by atoms with Gasteiger partial charge in [0.15, 0.2) is 0 Å². The molecule has 0 radical (unpaired) electrons. The van der Waals surface area contributed by atoms with Gasteiger partial charge in [-0.3, -0.25) is 0 Å². The Balaban J connectivity index is 1.81. The summed E-state index contributed by atoms with van der Waals surface area (Å²) in [5.41, 5.74) is 7.44. The largest absolute Gasteiger partial charge is 0.494 e. The van der Waals surface area contributed by atoms with Crippen molar-refractivity contribution in [3.63, 3.8) is 0 Å². The third kappa shape index (κ3) is 3.72. The molecule has 100 valence electrons. The van der Waals surface area contributed by atoms with E-state index in [0.29, 0.717) is 6.61 Å². The Morgan fingerprint density at radius 1 is 1.22 bits per heavy atom. The maximum absolute atomic E-state index is 6.23. The van der Waals surface area contributed by atoms with E-state index in [1.165, 1.54) is 31.5 Å². The Bertz CT molecular complexity index is 344. The van der Waals surface area contributed by atoms with Gasteiger partial charge >= 0.3 is 0 Å². The molecule has 1 heterocycles. The average Bonchev–Trinajstić information content (AvgIpc) is 2.90. The molecule has 0 saturated carbocycles. The van der Waals surface area contributed by atoms with Gasteiger partial charge in [0.25, 0.3) is 0 Å². The average molecular weight is 248 g/mol. The minimum Gasteiger partial charge on any atom is -0.494 e. The quantitative estimate of drug-likeness (QED) is 0.841. The number of hydrogen-bond donors (Lipinski definition) is 1. The Morgan fingerprint density at radius 2 is 1.89 bits per heavy atom. The Labute approximate surface area is 110 Å². The van der Waals surface area contributed by atoms with Gasteiger partial charge in [0.05, 0.1) is 6.61 Å². The Morgan fingerprint density at radius 3 is 2.50 bits per heavy atom. The third-order valence-corrected chi connectivity index (χ3v) is 3.57. The van der Waals surface area contributed by atoms with Crippen molar-refractivity contribution < 1.29 is 4.74 Å². The molecule has 1 saturated heterocycles. The van der Waals surface area contributed by atoms with E-state index >= 15 is 0 Å². The Kier molecular flexibility index (Phi) is 5.02. The zero-order valence-electron chi connectivity index (χ0n) is 11.3. The van der Waals surface area contributed by atoms with Crippen molar-refractivity contribution >= 4 is 0 Å². The Hall–Kier alpha value is -1.06. The number of benzene rings is 1. The second kappa shape index (κ2) is 6.76. The highest BCUT2D eigenvalue weighted by atomic mass is 16.5. The van der Waals surface area contributed by atoms with Crippen LogP contribution in [0.15, 0.2) is 24.3 Å². The van der Waals surface area contributed by atoms with E-state index < -0.39 is 0 Å². The third-order valence-electron chi connectivity index (χ3n) is 3.57. The molecule has 0 spiro atoms. The zero-order chi connectivity index (χ0) is 12.8. The van der Waals surface area contributed by atoms with Crippen molar-refractivity contribution in [2.75, 3.05) is 26.2 Å². The summed E-state index contributed by atoms with van der Waals surface area (Å²) in [6, 6.07) is 8.32. The minimum absolute atomic E-state index is 0.140. The van der Waals surface area contributed by atoms with Crippen LogP contribution in [0.4, 0.5) is 0 Å². The maximum Gasteiger partial charge on any atom is 0.119 e. The van der Waals surface area contributed by atoms with Crippen LogP contribution >= 0.6 is 0 Å². The lowest BCUT2D eigenvalue weighted by atomic mass is 10.0. The molecule has 0 amide bonds. The molecule has 0 aromatic heterocycles. The molecular weight excluding hydrogens is 224 g/mol. The standard InChI is InChI=1S/C15H24N2O/c1-2-18-14-7-5-13(6-8-14)15(16)9-12-17-10-3-4-11-17/h5-8,15H,2-4,9-12,16H2,1H3. The van der Waals surface area contributed by atoms with Crippen molar-refractivity contribution in [3.05, 3.63) is 29.8 Å². The van der Waals surface area contributed by atoms with Crippen LogP contribution in [0, 0.1) is 0 Å². The number of rotatable bonds is 6. The van der Waals surface area contributed by atoms with E-state index in [1.54, 1.807) is 0 Å². The first kappa shape index (κ1) is 13.4. The monoisotopic (exact) mass is 248 g/mol. The van der Waals surface area contributed by atoms with Crippen LogP contribution in [-0.4, -0.2) is 31.1 Å². The molecule has 3 nitrogen and oxygen atoms in total. The van der Waals surface area contributed by atoms with Crippen LogP contribution in [0.25, 0.3) is 0 Å². The summed E-state index contributed by atoms with van der Waals surface area (Å²) in [5, 5.41) is 0. The molecule has 1 aromatic rings. The molecule has 1 fully saturated rings. The highest BCUT2D eigenvalue weighted by molar-refractivity contribution is 5.29. The normalized spacial score (nSPS) is 17.9. The van der Waals surface area contributed by atoms with Gasteiger partial charge in [0.1, 0.15) is 5.75 Å². The van der Waals surface area contributed by atoms with Gasteiger partial charge in [-0.05, 0) is 63.5 Å². The van der Waals surface area contributed by atoms with Crippen LogP contribution in [0.1, 0.15) is 37.8 Å². The minimum atomic E-state index is 0.140. The second-order valence-corrected chi connectivity index (χ2v) is 4.95. The molecule has 1 unspecified atom stereocenters. The van der Waals surface area contributed by atoms with Gasteiger partial charge in [0, 0.05) is 6.04 Å². The highest BCUT2D eigenvalue weighted by Crippen LogP contribution is 2.19. The van der Waals surface area contributed by atoms with Crippen molar-refractivity contribution in [1.82, 2.24) is 4.90 Å². The molecule has 18 heavy (non-hydrogen) atoms. The van der Waals surface area contributed by atoms with Gasteiger partial charge in [-0.15, -0.1) is 0 Å². The number of nitrogens with two attached hydrogens (primary N) is 1. The first-order valence-electron chi connectivity index (χ1n) is 7.00. The molecule has 0 aliphatic carbocycles. The summed E-state index contributed by atoms with van der Waals surface area (Å²) in [5.74, 6) is 0.924. The lowest BCUT2D eigenvalue weighted by Gasteiger charge is -2.18. The van der Waals surface area contributed by atoms with Crippen LogP contribution in [-0.2, 0) is 0 Å². The lowest BCUT2D eigenvalue weighted by molar-refractivity contribution is 0.322. The summed E-state index contributed by atoms with van der Waals surface area (Å²) in [6.07, 6.45) is 3.73. The second-order valence-electron chi connectivity index (χ2n) is 4.95. The smallest absolute Gasteiger partial charge is 0.119 e. The molecule has 1 aromatic carbocycles. The number of nitrogens with zero attached hydrogens (tertiary/aromatic N) is 1. The fraction of sp³-hybridized carbons (Fsp3) is 0.600. The van der Waals surface area contributed by atoms with Gasteiger partial charge in [0.2, 0.25) is 0 Å². The first-order valence-corrected chi connectivity index (χ1v) is 7.00. The van der Waals surface area contributed by atoms with Crippen LogP contribution in [0.3, 0.4) is 0 Å². The molecule has 1 aliphatic rings. The number of likely N-dealkylation sites (tertiary alicyclic amines) is 1. The predicted molar refractivity (Wildman–Crippen MR) is 74.8 cm³/mol. The summed E-state index contributed by atoms with van der Waals surface area (Å²) in [6.45, 7) is 6.32. The topological polar surface area (TPSA) is 38.5 Å². The van der Waals surface area contributed by atoms with E-state index in [0.717, 1.165) is 18.7 Å². The SMILES string of the molecule is CCOc1ccc(C(N)CCN2CCCC2)cc1. The van der Waals surface area contributed by atoms with E-state index in [4.69, 9.17) is 10.5 Å². The molecule has 2 rings (SSSR count). The molecule has 1 atom stereocenters. The summed E-state index contributed by atoms with van der Waals surface area (Å²) >= 11 is 0. The van der Waals surface area contributed by atoms with E-state index in [2.05, 4.69) is 17.0 Å². The van der Waals surface area contributed by atoms with Gasteiger partial charge < -0.3 is 15.4 Å². The van der Waals surface area contributed by atoms with Crippen LogP contribution in [0.2, 0.25) is 0 Å². The fourth-order valence-electron chi connectivity index (χ4n) is 2.47. The molecule has 1 aliphatic heterocycles.